The van der Waals surface area contributed by atoms with E-state index in [1.165, 1.54) is 44.9 Å². The molecule has 0 aliphatic carbocycles. The topological polar surface area (TPSA) is 54.0 Å². The molecule has 0 radical (unpaired) electrons. The Kier molecular flexibility index (Phi) is 11.5. The number of nitrogens with zero attached hydrogens (tertiary/aromatic N) is 1. The molecule has 1 unspecified atom stereocenters. The van der Waals surface area contributed by atoms with Gasteiger partial charge in [-0.15, -0.1) is 0 Å². The average molecular weight is 417 g/mol. The molecule has 1 aliphatic rings. The molecule has 1 heterocycles. The average Bonchev–Trinajstić information content (AvgIpc) is 2.64. The van der Waals surface area contributed by atoms with Crippen LogP contribution < -0.4 is 17.7 Å². The molecule has 2 rings (SSSR count). The molecule has 27 heavy (non-hydrogen) atoms. The Morgan fingerprint density at radius 3 is 2.22 bits per heavy atom. The lowest BCUT2D eigenvalue weighted by atomic mass is 10.0. The van der Waals surface area contributed by atoms with E-state index < -0.39 is 10.0 Å². The number of nitrogens with two attached hydrogens (primary N) is 1. The molecule has 1 atom stereocenters. The van der Waals surface area contributed by atoms with Gasteiger partial charge in [0, 0.05) is 0 Å². The summed E-state index contributed by atoms with van der Waals surface area (Å²) in [5.74, 6) is 0. The maximum absolute atomic E-state index is 13.1. The zero-order valence-electron chi connectivity index (χ0n) is 17.0. The summed E-state index contributed by atoms with van der Waals surface area (Å²) in [6.45, 7) is 6.60. The predicted molar refractivity (Wildman–Crippen MR) is 108 cm³/mol. The van der Waals surface area contributed by atoms with Crippen LogP contribution in [-0.2, 0) is 10.0 Å². The third kappa shape index (κ3) is 7.72. The summed E-state index contributed by atoms with van der Waals surface area (Å²) in [6.07, 6.45) is 11.3. The molecular formula is C21H37ClN2O2S. The van der Waals surface area contributed by atoms with Crippen LogP contribution in [0.2, 0.25) is 0 Å². The van der Waals surface area contributed by atoms with Gasteiger partial charge in [-0.1, -0.05) is 76.0 Å². The zero-order chi connectivity index (χ0) is 18.8. The fraction of sp³-hybridized carbons (Fsp3) is 0.714. The molecule has 1 aromatic carbocycles. The van der Waals surface area contributed by atoms with Gasteiger partial charge in [0.2, 0.25) is 10.0 Å². The Labute approximate surface area is 172 Å². The first-order valence-corrected chi connectivity index (χ1v) is 11.9. The van der Waals surface area contributed by atoms with E-state index in [0.29, 0.717) is 11.4 Å². The second-order valence-corrected chi connectivity index (χ2v) is 9.55. The van der Waals surface area contributed by atoms with Crippen molar-refractivity contribution in [3.8, 4) is 0 Å². The molecule has 1 saturated heterocycles. The van der Waals surface area contributed by atoms with E-state index in [4.69, 9.17) is 0 Å². The van der Waals surface area contributed by atoms with Crippen molar-refractivity contribution < 1.29 is 26.1 Å². The van der Waals surface area contributed by atoms with Crippen molar-refractivity contribution in [2.75, 3.05) is 19.6 Å². The molecule has 1 fully saturated rings. The summed E-state index contributed by atoms with van der Waals surface area (Å²) in [4.78, 5) is 0.436. The SMILES string of the molecule is CCCCCCCCCCC1C[NH2+]CCN1S(=O)(=O)c1ccc(C)cc1.[Cl-]. The van der Waals surface area contributed by atoms with Crippen molar-refractivity contribution in [1.29, 1.82) is 0 Å². The first-order chi connectivity index (χ1) is 12.6. The summed E-state index contributed by atoms with van der Waals surface area (Å²) in [7, 11) is -3.37. The molecule has 2 N–H and O–H groups in total. The number of sulfonamides is 1. The third-order valence-corrected chi connectivity index (χ3v) is 7.38. The first-order valence-electron chi connectivity index (χ1n) is 10.5. The van der Waals surface area contributed by atoms with Crippen molar-refractivity contribution >= 4 is 10.0 Å². The van der Waals surface area contributed by atoms with Crippen LogP contribution in [0.4, 0.5) is 0 Å². The molecule has 0 amide bonds. The first kappa shape index (κ1) is 24.4. The quantitative estimate of drug-likeness (QED) is 0.533. The molecule has 1 aromatic rings. The summed E-state index contributed by atoms with van der Waals surface area (Å²) >= 11 is 0. The van der Waals surface area contributed by atoms with Crippen LogP contribution in [0.15, 0.2) is 29.2 Å². The van der Waals surface area contributed by atoms with Crippen molar-refractivity contribution in [3.63, 3.8) is 0 Å². The highest BCUT2D eigenvalue weighted by atomic mass is 35.5. The van der Waals surface area contributed by atoms with Gasteiger partial charge in [0.15, 0.2) is 0 Å². The van der Waals surface area contributed by atoms with Crippen LogP contribution in [0, 0.1) is 6.92 Å². The molecule has 1 aliphatic heterocycles. The lowest BCUT2D eigenvalue weighted by Gasteiger charge is -2.33. The molecule has 0 bridgehead atoms. The van der Waals surface area contributed by atoms with E-state index in [0.717, 1.165) is 31.5 Å². The van der Waals surface area contributed by atoms with Gasteiger partial charge in [0.05, 0.1) is 30.6 Å². The van der Waals surface area contributed by atoms with Crippen LogP contribution in [0.25, 0.3) is 0 Å². The normalized spacial score (nSPS) is 18.2. The van der Waals surface area contributed by atoms with Crippen molar-refractivity contribution in [1.82, 2.24) is 4.31 Å². The summed E-state index contributed by atoms with van der Waals surface area (Å²) in [5.41, 5.74) is 1.09. The summed E-state index contributed by atoms with van der Waals surface area (Å²) in [5, 5.41) is 2.26. The van der Waals surface area contributed by atoms with Gasteiger partial charge in [-0.05, 0) is 25.5 Å². The highest BCUT2D eigenvalue weighted by Gasteiger charge is 2.34. The molecule has 0 aromatic heterocycles. The number of aryl methyl sites for hydroxylation is 1. The summed E-state index contributed by atoms with van der Waals surface area (Å²) in [6, 6.07) is 7.40. The Morgan fingerprint density at radius 1 is 1.00 bits per heavy atom. The molecule has 0 saturated carbocycles. The second kappa shape index (κ2) is 12.8. The smallest absolute Gasteiger partial charge is 0.243 e. The molecule has 6 heteroatoms. The van der Waals surface area contributed by atoms with Gasteiger partial charge in [-0.25, -0.2) is 8.42 Å². The van der Waals surface area contributed by atoms with Crippen molar-refractivity contribution in [2.45, 2.75) is 82.6 Å². The molecule has 4 nitrogen and oxygen atoms in total. The molecule has 156 valence electrons. The minimum Gasteiger partial charge on any atom is -1.00 e. The van der Waals surface area contributed by atoms with E-state index in [1.54, 1.807) is 16.4 Å². The van der Waals surface area contributed by atoms with E-state index >= 15 is 0 Å². The second-order valence-electron chi connectivity index (χ2n) is 7.66. The van der Waals surface area contributed by atoms with Crippen molar-refractivity contribution in [2.24, 2.45) is 0 Å². The van der Waals surface area contributed by atoms with E-state index in [2.05, 4.69) is 12.2 Å². The molecular weight excluding hydrogens is 380 g/mol. The van der Waals surface area contributed by atoms with Crippen LogP contribution in [0.3, 0.4) is 0 Å². The van der Waals surface area contributed by atoms with E-state index in [-0.39, 0.29) is 18.4 Å². The van der Waals surface area contributed by atoms with Crippen LogP contribution in [-0.4, -0.2) is 38.4 Å². The lowest BCUT2D eigenvalue weighted by molar-refractivity contribution is -0.667. The van der Waals surface area contributed by atoms with Crippen LogP contribution >= 0.6 is 0 Å². The Balaban J connectivity index is 0.00000364. The standard InChI is InChI=1S/C21H36N2O2S.ClH/c1-3-4-5-6-7-8-9-10-11-20-18-22-16-17-23(20)26(24,25)21-14-12-19(2)13-15-21;/h12-15,20,22H,3-11,16-18H2,1-2H3;1H. The number of unbranched alkanes of at least 4 members (excludes halogenated alkanes) is 7. The van der Waals surface area contributed by atoms with E-state index in [9.17, 15) is 8.42 Å². The molecule has 0 spiro atoms. The van der Waals surface area contributed by atoms with Gasteiger partial charge in [-0.3, -0.25) is 0 Å². The van der Waals surface area contributed by atoms with Gasteiger partial charge in [0.1, 0.15) is 0 Å². The van der Waals surface area contributed by atoms with Crippen LogP contribution in [0.1, 0.15) is 70.3 Å². The van der Waals surface area contributed by atoms with Gasteiger partial charge < -0.3 is 17.7 Å². The largest absolute Gasteiger partial charge is 1.00 e. The fourth-order valence-corrected chi connectivity index (χ4v) is 5.45. The zero-order valence-corrected chi connectivity index (χ0v) is 18.6. The number of hydrogen-bond acceptors (Lipinski definition) is 2. The number of halogens is 1. The van der Waals surface area contributed by atoms with Gasteiger partial charge >= 0.3 is 0 Å². The maximum Gasteiger partial charge on any atom is 0.243 e. The maximum atomic E-state index is 13.1. The Bertz CT molecular complexity index is 620. The lowest BCUT2D eigenvalue weighted by Crippen LogP contribution is -3.00. The van der Waals surface area contributed by atoms with Crippen molar-refractivity contribution in [3.05, 3.63) is 29.8 Å². The number of quaternary nitrogens is 1. The minimum absolute atomic E-state index is 0. The number of piperazine rings is 1. The Morgan fingerprint density at radius 2 is 1.59 bits per heavy atom. The fourth-order valence-electron chi connectivity index (χ4n) is 3.77. The van der Waals surface area contributed by atoms with Gasteiger partial charge in [0.25, 0.3) is 0 Å². The Hall–Kier alpha value is -0.620. The third-order valence-electron chi connectivity index (χ3n) is 5.42. The highest BCUT2D eigenvalue weighted by molar-refractivity contribution is 7.89. The van der Waals surface area contributed by atoms with E-state index in [1.807, 2.05) is 19.1 Å². The minimum atomic E-state index is -3.37. The number of benzene rings is 1. The summed E-state index contributed by atoms with van der Waals surface area (Å²) < 4.78 is 27.9. The number of hydrogen-bond donors (Lipinski definition) is 1. The highest BCUT2D eigenvalue weighted by Crippen LogP contribution is 2.22. The van der Waals surface area contributed by atoms with Crippen LogP contribution in [0.5, 0.6) is 0 Å². The monoisotopic (exact) mass is 416 g/mol. The number of rotatable bonds is 11. The van der Waals surface area contributed by atoms with Gasteiger partial charge in [-0.2, -0.15) is 4.31 Å². The predicted octanol–water partition coefficient (Wildman–Crippen LogP) is 0.466.